The molecule has 0 aliphatic carbocycles. The molecule has 6 heteroatoms. The fourth-order valence-corrected chi connectivity index (χ4v) is 2.62. The Bertz CT molecular complexity index is 776. The summed E-state index contributed by atoms with van der Waals surface area (Å²) in [6, 6.07) is 12.0. The van der Waals surface area contributed by atoms with Crippen LogP contribution in [0, 0.1) is 13.8 Å². The minimum atomic E-state index is 0.0936. The van der Waals surface area contributed by atoms with Crippen LogP contribution in [0.2, 0.25) is 0 Å². The zero-order valence-corrected chi connectivity index (χ0v) is 13.4. The summed E-state index contributed by atoms with van der Waals surface area (Å²) in [5.74, 6) is 0.822. The van der Waals surface area contributed by atoms with Crippen LogP contribution in [0.15, 0.2) is 42.6 Å². The number of rotatable bonds is 6. The number of aromatic nitrogens is 4. The number of para-hydroxylation sites is 1. The molecular weight excluding hydrogens is 290 g/mol. The van der Waals surface area contributed by atoms with Gasteiger partial charge >= 0.3 is 0 Å². The average Bonchev–Trinajstić information content (AvgIpc) is 3.13. The van der Waals surface area contributed by atoms with E-state index >= 15 is 0 Å². The van der Waals surface area contributed by atoms with Gasteiger partial charge in [0, 0.05) is 30.1 Å². The average molecular weight is 311 g/mol. The molecule has 6 nitrogen and oxygen atoms in total. The first-order valence-corrected chi connectivity index (χ1v) is 7.67. The van der Waals surface area contributed by atoms with Gasteiger partial charge in [-0.3, -0.25) is 4.68 Å². The smallest absolute Gasteiger partial charge is 0.148 e. The minimum Gasteiger partial charge on any atom is -0.394 e. The van der Waals surface area contributed by atoms with Crippen LogP contribution in [0.4, 0.5) is 5.82 Å². The summed E-state index contributed by atoms with van der Waals surface area (Å²) in [7, 11) is 0. The molecule has 0 unspecified atom stereocenters. The van der Waals surface area contributed by atoms with Crippen LogP contribution < -0.4 is 5.32 Å². The summed E-state index contributed by atoms with van der Waals surface area (Å²) < 4.78 is 3.69. The van der Waals surface area contributed by atoms with Gasteiger partial charge in [0.2, 0.25) is 0 Å². The van der Waals surface area contributed by atoms with Gasteiger partial charge in [-0.25, -0.2) is 4.68 Å². The van der Waals surface area contributed by atoms with Crippen molar-refractivity contribution in [2.75, 3.05) is 11.9 Å². The molecule has 2 aromatic heterocycles. The van der Waals surface area contributed by atoms with Crippen molar-refractivity contribution in [3.8, 4) is 5.69 Å². The fraction of sp³-hybridized carbons (Fsp3) is 0.294. The van der Waals surface area contributed by atoms with Crippen molar-refractivity contribution in [3.05, 3.63) is 59.5 Å². The molecule has 3 aromatic rings. The standard InChI is InChI=1S/C17H21N5O/c1-13-16(14(2)21(19-13)10-11-23)12-18-17-8-9-22(20-17)15-6-4-3-5-7-15/h3-9,23H,10-12H2,1-2H3,(H,18,20). The summed E-state index contributed by atoms with van der Waals surface area (Å²) in [6.45, 7) is 5.29. The van der Waals surface area contributed by atoms with Gasteiger partial charge in [0.05, 0.1) is 24.5 Å². The number of hydrogen-bond acceptors (Lipinski definition) is 4. The lowest BCUT2D eigenvalue weighted by molar-refractivity contribution is 0.268. The number of nitrogens with zero attached hydrogens (tertiary/aromatic N) is 4. The van der Waals surface area contributed by atoms with E-state index in [0.717, 1.165) is 28.5 Å². The van der Waals surface area contributed by atoms with Crippen LogP contribution in [-0.2, 0) is 13.1 Å². The van der Waals surface area contributed by atoms with E-state index < -0.39 is 0 Å². The Labute approximate surface area is 135 Å². The quantitative estimate of drug-likeness (QED) is 0.733. The lowest BCUT2D eigenvalue weighted by atomic mass is 10.2. The third-order valence-electron chi connectivity index (χ3n) is 3.90. The maximum absolute atomic E-state index is 9.07. The Morgan fingerprint density at radius 2 is 1.87 bits per heavy atom. The molecule has 120 valence electrons. The van der Waals surface area contributed by atoms with Crippen LogP contribution in [0.5, 0.6) is 0 Å². The second-order valence-corrected chi connectivity index (χ2v) is 5.43. The lowest BCUT2D eigenvalue weighted by Gasteiger charge is -2.05. The third kappa shape index (κ3) is 3.27. The van der Waals surface area contributed by atoms with Gasteiger partial charge in [-0.2, -0.15) is 10.2 Å². The highest BCUT2D eigenvalue weighted by molar-refractivity contribution is 5.39. The number of aryl methyl sites for hydroxylation is 1. The summed E-state index contributed by atoms with van der Waals surface area (Å²) in [5.41, 5.74) is 4.23. The van der Waals surface area contributed by atoms with E-state index in [9.17, 15) is 0 Å². The fourth-order valence-electron chi connectivity index (χ4n) is 2.62. The Balaban J connectivity index is 1.71. The molecule has 0 aliphatic heterocycles. The van der Waals surface area contributed by atoms with Crippen LogP contribution in [0.3, 0.4) is 0 Å². The molecule has 3 rings (SSSR count). The normalized spacial score (nSPS) is 10.9. The molecule has 1 aromatic carbocycles. The van der Waals surface area contributed by atoms with Crippen LogP contribution in [-0.4, -0.2) is 31.3 Å². The molecule has 0 fully saturated rings. The molecule has 0 atom stereocenters. The summed E-state index contributed by atoms with van der Waals surface area (Å²) in [5, 5.41) is 21.4. The maximum Gasteiger partial charge on any atom is 0.148 e. The van der Waals surface area contributed by atoms with Crippen LogP contribution in [0.25, 0.3) is 5.69 Å². The van der Waals surface area contributed by atoms with Crippen molar-refractivity contribution in [2.45, 2.75) is 26.9 Å². The van der Waals surface area contributed by atoms with Gasteiger partial charge in [-0.05, 0) is 26.0 Å². The highest BCUT2D eigenvalue weighted by atomic mass is 16.3. The van der Waals surface area contributed by atoms with Crippen LogP contribution in [0.1, 0.15) is 17.0 Å². The van der Waals surface area contributed by atoms with E-state index in [2.05, 4.69) is 15.5 Å². The number of anilines is 1. The first-order valence-electron chi connectivity index (χ1n) is 7.67. The van der Waals surface area contributed by atoms with E-state index in [-0.39, 0.29) is 6.61 Å². The highest BCUT2D eigenvalue weighted by Gasteiger charge is 2.11. The molecular formula is C17H21N5O. The molecule has 23 heavy (non-hydrogen) atoms. The van der Waals surface area contributed by atoms with Gasteiger partial charge in [0.25, 0.3) is 0 Å². The topological polar surface area (TPSA) is 67.9 Å². The van der Waals surface area contributed by atoms with Crippen molar-refractivity contribution in [3.63, 3.8) is 0 Å². The van der Waals surface area contributed by atoms with E-state index in [4.69, 9.17) is 5.11 Å². The van der Waals surface area contributed by atoms with Crippen molar-refractivity contribution in [1.29, 1.82) is 0 Å². The summed E-state index contributed by atoms with van der Waals surface area (Å²) in [4.78, 5) is 0. The lowest BCUT2D eigenvalue weighted by Crippen LogP contribution is -2.07. The first kappa shape index (κ1) is 15.3. The molecule has 2 heterocycles. The molecule has 0 saturated heterocycles. The van der Waals surface area contributed by atoms with Gasteiger partial charge in [-0.1, -0.05) is 18.2 Å². The number of benzene rings is 1. The van der Waals surface area contributed by atoms with E-state index in [0.29, 0.717) is 13.1 Å². The van der Waals surface area contributed by atoms with Gasteiger partial charge in [0.1, 0.15) is 5.82 Å². The molecule has 0 bridgehead atoms. The molecule has 0 amide bonds. The molecule has 2 N–H and O–H groups in total. The number of nitrogens with one attached hydrogen (secondary N) is 1. The highest BCUT2D eigenvalue weighted by Crippen LogP contribution is 2.16. The number of aliphatic hydroxyl groups is 1. The SMILES string of the molecule is Cc1nn(CCO)c(C)c1CNc1ccn(-c2ccccc2)n1. The van der Waals surface area contributed by atoms with E-state index in [1.54, 1.807) is 0 Å². The largest absolute Gasteiger partial charge is 0.394 e. The van der Waals surface area contributed by atoms with Crippen molar-refractivity contribution >= 4 is 5.82 Å². The Hall–Kier alpha value is -2.60. The monoisotopic (exact) mass is 311 g/mol. The second kappa shape index (κ2) is 6.66. The number of aliphatic hydroxyl groups excluding tert-OH is 1. The zero-order chi connectivity index (χ0) is 16.2. The van der Waals surface area contributed by atoms with Gasteiger partial charge in [-0.15, -0.1) is 0 Å². The summed E-state index contributed by atoms with van der Waals surface area (Å²) >= 11 is 0. The number of hydrogen-bond donors (Lipinski definition) is 2. The molecule has 0 aliphatic rings. The molecule has 0 radical (unpaired) electrons. The predicted octanol–water partition coefficient (Wildman–Crippen LogP) is 2.29. The van der Waals surface area contributed by atoms with E-state index in [1.165, 1.54) is 0 Å². The molecule has 0 spiro atoms. The summed E-state index contributed by atoms with van der Waals surface area (Å²) in [6.07, 6.45) is 1.94. The predicted molar refractivity (Wildman–Crippen MR) is 89.7 cm³/mol. The van der Waals surface area contributed by atoms with Crippen molar-refractivity contribution < 1.29 is 5.11 Å². The van der Waals surface area contributed by atoms with Gasteiger partial charge in [0.15, 0.2) is 0 Å². The van der Waals surface area contributed by atoms with Crippen molar-refractivity contribution in [2.24, 2.45) is 0 Å². The Morgan fingerprint density at radius 3 is 2.61 bits per heavy atom. The van der Waals surface area contributed by atoms with Crippen molar-refractivity contribution in [1.82, 2.24) is 19.6 Å². The Kier molecular flexibility index (Phi) is 4.43. The minimum absolute atomic E-state index is 0.0936. The Morgan fingerprint density at radius 1 is 1.09 bits per heavy atom. The van der Waals surface area contributed by atoms with E-state index in [1.807, 2.05) is 65.8 Å². The maximum atomic E-state index is 9.07. The zero-order valence-electron chi connectivity index (χ0n) is 13.4. The first-order chi connectivity index (χ1) is 11.2. The third-order valence-corrected chi connectivity index (χ3v) is 3.90. The van der Waals surface area contributed by atoms with Crippen LogP contribution >= 0.6 is 0 Å². The second-order valence-electron chi connectivity index (χ2n) is 5.43. The van der Waals surface area contributed by atoms with Gasteiger partial charge < -0.3 is 10.4 Å². The molecule has 0 saturated carbocycles.